The number of phenolic OH excluding ortho intramolecular Hbond substituents is 1. The summed E-state index contributed by atoms with van der Waals surface area (Å²) in [6.07, 6.45) is 9.53. The summed E-state index contributed by atoms with van der Waals surface area (Å²) in [5.41, 5.74) is 2.78. The van der Waals surface area contributed by atoms with Crippen molar-refractivity contribution in [1.29, 1.82) is 0 Å². The van der Waals surface area contributed by atoms with E-state index in [0.717, 1.165) is 41.8 Å². The molecule has 2 aromatic carbocycles. The van der Waals surface area contributed by atoms with Gasteiger partial charge in [-0.15, -0.1) is 0 Å². The molecule has 0 saturated heterocycles. The zero-order valence-electron chi connectivity index (χ0n) is 21.4. The number of benzene rings is 2. The standard InChI is InChI=1S/C16H19BrN4O.C12H17N/c1-4-9-21-11-12(17)5-8-16(21)19-18-14-7-6-13(20(2)3)10-15(14)22;1-13(2)11-7-6-10-12-8-4-3-5-9-12/h5-8,10-11H,4,9H2,1-3H3;3-5,7-9,11H,6,10H2,1-2H3/p+1/b;11-7+. The number of pyridine rings is 1. The van der Waals surface area contributed by atoms with E-state index in [4.69, 9.17) is 0 Å². The molecule has 186 valence electrons. The van der Waals surface area contributed by atoms with Gasteiger partial charge in [0, 0.05) is 46.0 Å². The van der Waals surface area contributed by atoms with E-state index in [1.54, 1.807) is 12.1 Å². The van der Waals surface area contributed by atoms with Crippen molar-refractivity contribution in [2.24, 2.45) is 10.2 Å². The van der Waals surface area contributed by atoms with Gasteiger partial charge in [0.1, 0.15) is 11.9 Å². The van der Waals surface area contributed by atoms with Gasteiger partial charge in [-0.05, 0) is 70.3 Å². The molecule has 0 fully saturated rings. The first-order chi connectivity index (χ1) is 16.8. The van der Waals surface area contributed by atoms with Crippen LogP contribution in [-0.4, -0.2) is 38.2 Å². The highest BCUT2D eigenvalue weighted by Crippen LogP contribution is 2.31. The molecule has 1 aromatic heterocycles. The normalized spacial score (nSPS) is 10.9. The maximum absolute atomic E-state index is 10.0. The van der Waals surface area contributed by atoms with E-state index in [1.165, 1.54) is 5.56 Å². The SMILES string of the molecule is CCC[n+]1cc(Br)ccc1N=Nc1ccc(N(C)C)cc1O.CN(C)/C=C/CCc1ccccc1. The predicted octanol–water partition coefficient (Wildman–Crippen LogP) is 7.03. The van der Waals surface area contributed by atoms with E-state index >= 15 is 0 Å². The lowest BCUT2D eigenvalue weighted by Gasteiger charge is -2.12. The zero-order valence-corrected chi connectivity index (χ0v) is 23.0. The van der Waals surface area contributed by atoms with Gasteiger partial charge in [0.2, 0.25) is 0 Å². The highest BCUT2D eigenvalue weighted by atomic mass is 79.9. The van der Waals surface area contributed by atoms with Gasteiger partial charge >= 0.3 is 5.82 Å². The van der Waals surface area contributed by atoms with Crippen molar-refractivity contribution in [2.75, 3.05) is 33.1 Å². The monoisotopic (exact) mass is 538 g/mol. The number of anilines is 1. The third-order valence-corrected chi connectivity index (χ3v) is 5.48. The van der Waals surface area contributed by atoms with Crippen LogP contribution in [0.15, 0.2) is 93.8 Å². The lowest BCUT2D eigenvalue weighted by molar-refractivity contribution is -0.685. The number of hydrogen-bond donors (Lipinski definition) is 1. The van der Waals surface area contributed by atoms with Crippen molar-refractivity contribution in [2.45, 2.75) is 32.7 Å². The molecule has 0 saturated carbocycles. The summed E-state index contributed by atoms with van der Waals surface area (Å²) >= 11 is 3.46. The summed E-state index contributed by atoms with van der Waals surface area (Å²) in [6, 6.07) is 19.7. The molecule has 0 aliphatic carbocycles. The Kier molecular flexibility index (Phi) is 12.0. The van der Waals surface area contributed by atoms with Crippen LogP contribution >= 0.6 is 15.9 Å². The summed E-state index contributed by atoms with van der Waals surface area (Å²) in [5.74, 6) is 0.871. The van der Waals surface area contributed by atoms with Crippen molar-refractivity contribution in [1.82, 2.24) is 4.90 Å². The highest BCUT2D eigenvalue weighted by molar-refractivity contribution is 9.10. The van der Waals surface area contributed by atoms with E-state index in [9.17, 15) is 5.11 Å². The molecule has 0 radical (unpaired) electrons. The summed E-state index contributed by atoms with van der Waals surface area (Å²) in [4.78, 5) is 3.98. The maximum atomic E-state index is 10.0. The van der Waals surface area contributed by atoms with Crippen LogP contribution in [-0.2, 0) is 13.0 Å². The van der Waals surface area contributed by atoms with E-state index in [1.807, 2.05) is 62.1 Å². The minimum Gasteiger partial charge on any atom is -0.505 e. The van der Waals surface area contributed by atoms with Crippen LogP contribution in [0.25, 0.3) is 0 Å². The van der Waals surface area contributed by atoms with E-state index < -0.39 is 0 Å². The van der Waals surface area contributed by atoms with Crippen LogP contribution in [0.1, 0.15) is 25.3 Å². The molecule has 6 nitrogen and oxygen atoms in total. The maximum Gasteiger partial charge on any atom is 0.350 e. The first kappa shape index (κ1) is 28.1. The second-order valence-corrected chi connectivity index (χ2v) is 9.45. The Morgan fingerprint density at radius 2 is 1.71 bits per heavy atom. The Bertz CT molecular complexity index is 1100. The van der Waals surface area contributed by atoms with Gasteiger partial charge in [-0.2, -0.15) is 0 Å². The third-order valence-electron chi connectivity index (χ3n) is 5.01. The summed E-state index contributed by atoms with van der Waals surface area (Å²) in [6.45, 7) is 2.97. The second kappa shape index (κ2) is 14.9. The fourth-order valence-corrected chi connectivity index (χ4v) is 3.56. The highest BCUT2D eigenvalue weighted by Gasteiger charge is 2.11. The van der Waals surface area contributed by atoms with Crippen LogP contribution in [0.5, 0.6) is 5.75 Å². The number of aromatic hydroxyl groups is 1. The summed E-state index contributed by atoms with van der Waals surface area (Å²) in [5, 5.41) is 18.5. The number of hydrogen-bond acceptors (Lipinski definition) is 5. The number of halogens is 1. The molecule has 0 bridgehead atoms. The van der Waals surface area contributed by atoms with Crippen LogP contribution in [0.3, 0.4) is 0 Å². The van der Waals surface area contributed by atoms with Crippen LogP contribution in [0.2, 0.25) is 0 Å². The Hall–Kier alpha value is -3.19. The fraction of sp³-hybridized carbons (Fsp3) is 0.321. The van der Waals surface area contributed by atoms with Crippen LogP contribution in [0, 0.1) is 0 Å². The van der Waals surface area contributed by atoms with Gasteiger partial charge in [0.15, 0.2) is 5.69 Å². The molecule has 3 aromatic rings. The van der Waals surface area contributed by atoms with Crippen molar-refractivity contribution in [3.63, 3.8) is 0 Å². The van der Waals surface area contributed by atoms with Gasteiger partial charge in [-0.25, -0.2) is 4.57 Å². The van der Waals surface area contributed by atoms with Crippen molar-refractivity contribution >= 4 is 33.1 Å². The number of phenols is 1. The predicted molar refractivity (Wildman–Crippen MR) is 149 cm³/mol. The van der Waals surface area contributed by atoms with Crippen molar-refractivity contribution in [3.8, 4) is 5.75 Å². The molecular weight excluding hydrogens is 502 g/mol. The zero-order chi connectivity index (χ0) is 25.6. The molecule has 0 unspecified atom stereocenters. The Balaban J connectivity index is 0.000000283. The van der Waals surface area contributed by atoms with Gasteiger partial charge in [0.05, 0.1) is 16.1 Å². The van der Waals surface area contributed by atoms with Gasteiger partial charge in [0.25, 0.3) is 0 Å². The lowest BCUT2D eigenvalue weighted by atomic mass is 10.1. The van der Waals surface area contributed by atoms with Gasteiger partial charge in [-0.1, -0.05) is 43.3 Å². The van der Waals surface area contributed by atoms with E-state index in [-0.39, 0.29) is 5.75 Å². The average molecular weight is 540 g/mol. The molecular formula is C28H37BrN5O+. The lowest BCUT2D eigenvalue weighted by Crippen LogP contribution is -2.33. The molecule has 7 heteroatoms. The molecule has 0 spiro atoms. The minimum atomic E-state index is 0.120. The van der Waals surface area contributed by atoms with E-state index in [0.29, 0.717) is 5.69 Å². The number of nitrogens with zero attached hydrogens (tertiary/aromatic N) is 5. The first-order valence-corrected chi connectivity index (χ1v) is 12.6. The van der Waals surface area contributed by atoms with Crippen LogP contribution < -0.4 is 9.47 Å². The minimum absolute atomic E-state index is 0.120. The smallest absolute Gasteiger partial charge is 0.350 e. The van der Waals surface area contributed by atoms with Gasteiger partial charge in [-0.3, -0.25) is 0 Å². The average Bonchev–Trinajstić information content (AvgIpc) is 2.83. The Labute approximate surface area is 218 Å². The second-order valence-electron chi connectivity index (χ2n) is 8.54. The molecule has 1 heterocycles. The Morgan fingerprint density at radius 3 is 2.34 bits per heavy atom. The molecule has 1 N–H and O–H groups in total. The molecule has 0 amide bonds. The van der Waals surface area contributed by atoms with E-state index in [2.05, 4.69) is 80.6 Å². The molecule has 0 atom stereocenters. The number of azo groups is 1. The van der Waals surface area contributed by atoms with Crippen molar-refractivity contribution < 1.29 is 9.67 Å². The summed E-state index contributed by atoms with van der Waals surface area (Å²) in [7, 11) is 7.93. The number of aryl methyl sites for hydroxylation is 2. The third kappa shape index (κ3) is 10.3. The molecule has 0 aliphatic heterocycles. The summed E-state index contributed by atoms with van der Waals surface area (Å²) < 4.78 is 3.02. The van der Waals surface area contributed by atoms with Crippen LogP contribution in [0.4, 0.5) is 17.2 Å². The quantitative estimate of drug-likeness (QED) is 0.235. The molecule has 3 rings (SSSR count). The molecule has 0 aliphatic rings. The topological polar surface area (TPSA) is 55.3 Å². The van der Waals surface area contributed by atoms with Crippen molar-refractivity contribution in [3.05, 3.63) is 89.2 Å². The largest absolute Gasteiger partial charge is 0.505 e. The fourth-order valence-electron chi connectivity index (χ4n) is 3.18. The molecule has 35 heavy (non-hydrogen) atoms. The van der Waals surface area contributed by atoms with Gasteiger partial charge < -0.3 is 14.9 Å². The number of aromatic nitrogens is 1. The Morgan fingerprint density at radius 1 is 0.971 bits per heavy atom. The number of allylic oxidation sites excluding steroid dienone is 1. The first-order valence-electron chi connectivity index (χ1n) is 11.8. The number of rotatable bonds is 9.